The molecule has 11 aromatic heterocycles. The van der Waals surface area contributed by atoms with Crippen molar-refractivity contribution < 1.29 is 22.4 Å². The molecular weight excluding hydrogens is 1920 g/mol. The van der Waals surface area contributed by atoms with E-state index in [2.05, 4.69) is 91.9 Å². The SMILES string of the molecule is CNC(=O)c1[nH]nc2ncnc(N[C@@H](C)c3cc4cccc(Cl)c4c(=O)n3C3CC3)c12.C[C@H](Nc1cc(N)nc(Cl)n1)c1cc2cccc(Cl)c2c(=O)n1C1CC1.C[C@H](Nc1nc(N)ncc1C#N)c1cc2cccc(Cl)c2c(=O)n1C1CC1.C[C@H](Nc1nc(N)ncc1C(F)(F)F)c1cc2cccc(Cl)c2c(=O)n1C1CC1.C[C@H](Nc1nc(N)ncc1F)c1cc2cccc(Cl)c2c(=O)n1C1CC1. The molecule has 0 spiro atoms. The number of halogens is 10. The number of fused-ring (bicyclic) bond motifs is 6. The first-order chi connectivity index (χ1) is 66.5. The molecule has 714 valence electrons. The van der Waals surface area contributed by atoms with Crippen LogP contribution in [-0.2, 0) is 6.18 Å². The third-order valence-electron chi connectivity index (χ3n) is 24.2. The van der Waals surface area contributed by atoms with Gasteiger partial charge in [0, 0.05) is 78.0 Å². The van der Waals surface area contributed by atoms with E-state index in [0.717, 1.165) is 115 Å². The molecule has 139 heavy (non-hydrogen) atoms. The van der Waals surface area contributed by atoms with Gasteiger partial charge in [-0.05, 0) is 198 Å². The summed E-state index contributed by atoms with van der Waals surface area (Å²) >= 11 is 37.3. The Kier molecular flexibility index (Phi) is 27.5. The van der Waals surface area contributed by atoms with E-state index in [9.17, 15) is 51.6 Å². The number of nitrogens with two attached hydrogens (primary N) is 4. The molecule has 5 aromatic carbocycles. The van der Waals surface area contributed by atoms with Gasteiger partial charge in [0.15, 0.2) is 17.3 Å². The molecule has 5 aliphatic carbocycles. The molecule has 0 radical (unpaired) electrons. The number of hydrogen-bond donors (Lipinski definition) is 11. The van der Waals surface area contributed by atoms with Crippen LogP contribution < -0.4 is 82.6 Å². The lowest BCUT2D eigenvalue weighted by Crippen LogP contribution is -2.27. The van der Waals surface area contributed by atoms with Crippen molar-refractivity contribution in [3.63, 3.8) is 0 Å². The molecular formula is C95H88Cl6F4N28O6. The number of benzene rings is 5. The van der Waals surface area contributed by atoms with Crippen LogP contribution in [0.4, 0.5) is 70.3 Å². The summed E-state index contributed by atoms with van der Waals surface area (Å²) in [5, 5.41) is 43.3. The predicted molar refractivity (Wildman–Crippen MR) is 533 cm³/mol. The van der Waals surface area contributed by atoms with Gasteiger partial charge in [-0.1, -0.05) is 119 Å². The summed E-state index contributed by atoms with van der Waals surface area (Å²) in [7, 11) is 1.54. The van der Waals surface area contributed by atoms with Crippen LogP contribution in [0.1, 0.15) is 209 Å². The van der Waals surface area contributed by atoms with Gasteiger partial charge in [0.25, 0.3) is 33.7 Å². The number of alkyl halides is 3. The number of hydrogen-bond acceptors (Lipinski definition) is 27. The van der Waals surface area contributed by atoms with Crippen LogP contribution in [0.15, 0.2) is 176 Å². The smallest absolute Gasteiger partial charge is 0.383 e. The highest BCUT2D eigenvalue weighted by Gasteiger charge is 2.39. The minimum atomic E-state index is -4.65. The molecule has 0 aliphatic heterocycles. The van der Waals surface area contributed by atoms with E-state index >= 15 is 0 Å². The summed E-state index contributed by atoms with van der Waals surface area (Å²) in [5.74, 6) is 0.0323. The van der Waals surface area contributed by atoms with Gasteiger partial charge in [-0.2, -0.15) is 38.5 Å². The number of nitrogens with one attached hydrogen (secondary N) is 7. The number of nitriles is 1. The Hall–Kier alpha value is -14.4. The van der Waals surface area contributed by atoms with E-state index in [1.54, 1.807) is 83.8 Å². The molecule has 1 amide bonds. The van der Waals surface area contributed by atoms with Crippen LogP contribution in [0.5, 0.6) is 0 Å². The fourth-order valence-corrected chi connectivity index (χ4v) is 18.4. The molecule has 11 heterocycles. The lowest BCUT2D eigenvalue weighted by molar-refractivity contribution is -0.137. The van der Waals surface area contributed by atoms with Gasteiger partial charge >= 0.3 is 6.18 Å². The number of aromatic nitrogens is 17. The van der Waals surface area contributed by atoms with Crippen molar-refractivity contribution in [1.82, 2.24) is 88.2 Å². The fraction of sp³-hybridized carbons (Fsp3) is 0.284. The average Bonchev–Trinajstić information content (AvgIpc) is 1.72. The van der Waals surface area contributed by atoms with Crippen molar-refractivity contribution in [2.24, 2.45) is 0 Å². The minimum Gasteiger partial charge on any atom is -0.383 e. The van der Waals surface area contributed by atoms with Crippen LogP contribution in [0.3, 0.4) is 0 Å². The number of pyridine rings is 5. The monoisotopic (exact) mass is 2000 g/mol. The minimum absolute atomic E-state index is 0.0000204. The highest BCUT2D eigenvalue weighted by Crippen LogP contribution is 2.45. The Morgan fingerprint density at radius 1 is 0.432 bits per heavy atom. The van der Waals surface area contributed by atoms with E-state index in [0.29, 0.717) is 103 Å². The number of nitrogen functional groups attached to an aromatic ring is 4. The largest absolute Gasteiger partial charge is 0.421 e. The van der Waals surface area contributed by atoms with E-state index in [1.807, 2.05) is 114 Å². The second kappa shape index (κ2) is 39.6. The quantitative estimate of drug-likeness (QED) is 0.0235. The van der Waals surface area contributed by atoms with Gasteiger partial charge in [-0.15, -0.1) is 0 Å². The first kappa shape index (κ1) is 96.3. The maximum Gasteiger partial charge on any atom is 0.421 e. The predicted octanol–water partition coefficient (Wildman–Crippen LogP) is 19.0. The summed E-state index contributed by atoms with van der Waals surface area (Å²) in [4.78, 5) is 117. The van der Waals surface area contributed by atoms with E-state index in [4.69, 9.17) is 92.5 Å². The zero-order chi connectivity index (χ0) is 98.6. The third-order valence-corrected chi connectivity index (χ3v) is 25.9. The highest BCUT2D eigenvalue weighted by atomic mass is 35.5. The van der Waals surface area contributed by atoms with Crippen LogP contribution in [0.2, 0.25) is 30.4 Å². The number of rotatable bonds is 21. The molecule has 5 saturated carbocycles. The zero-order valence-corrected chi connectivity index (χ0v) is 79.5. The number of carbonyl (C=O) groups excluding carboxylic acids is 1. The Morgan fingerprint density at radius 3 is 1.12 bits per heavy atom. The Morgan fingerprint density at radius 2 is 0.763 bits per heavy atom. The standard InChI is InChI=1S/C21H20ClN7O2.C19H17ClF3N5O.C19H17ClN6O.C18H17Cl2N5O.C18H17ClFN5O/c1-10(26-18-16-17(20(30)23-2)27-28-19(16)25-9-24-18)14-8-11-4-3-5-13(22)15(11)21(31)29(14)12-6-7-12;1-9(26-16-12(19(21,22)23)8-25-18(24)27-16)14-7-10-3-2-4-13(20)15(10)17(29)28(14)11-5-6-11;1-10(24-17-12(8-21)9-23-19(22)25-17)15-7-11-3-2-4-14(20)16(11)18(27)26(15)13-5-6-13;1-9(22-15-8-14(21)23-18(20)24-15)13-7-10-3-2-4-12(19)16(10)17(26)25(13)11-5-6-11;1-9(23-16-13(20)8-22-18(21)24-16)14-7-10-3-2-4-12(19)15(10)17(26)25(14)11-5-6-11/h3-5,8-10,12H,6-7H2,1-2H3,(H,23,30)(H2,24,25,26,27,28);2-4,7-9,11H,5-6H2,1H3,(H3,24,25,26,27);2-4,7,9-10,13H,5-6H2,1H3,(H3,22,23,24,25);2*2-4,7-9,11H,5-6H2,1H3,(H3,21,22,23,24)/t10-;9-;10-;2*9-/m00000/s1. The van der Waals surface area contributed by atoms with E-state index in [1.165, 1.54) is 12.5 Å². The van der Waals surface area contributed by atoms with Crippen molar-refractivity contribution >= 4 is 193 Å². The number of aromatic amines is 1. The molecule has 5 atom stereocenters. The second-order valence-electron chi connectivity index (χ2n) is 34.3. The summed E-state index contributed by atoms with van der Waals surface area (Å²) in [6.07, 6.45) is 9.10. The number of nitrogens with zero attached hydrogens (tertiary/aromatic N) is 17. The molecule has 15 N–H and O–H groups in total. The van der Waals surface area contributed by atoms with Crippen molar-refractivity contribution in [3.05, 3.63) is 286 Å². The van der Waals surface area contributed by atoms with Gasteiger partial charge in [0.05, 0.1) is 100 Å². The molecule has 44 heteroatoms. The van der Waals surface area contributed by atoms with Crippen LogP contribution >= 0.6 is 69.6 Å². The number of carbonyl (C=O) groups is 1. The molecule has 0 bridgehead atoms. The van der Waals surface area contributed by atoms with E-state index < -0.39 is 29.4 Å². The van der Waals surface area contributed by atoms with Crippen molar-refractivity contribution in [3.8, 4) is 6.07 Å². The molecule has 5 fully saturated rings. The Bertz CT molecular complexity index is 7940. The molecule has 5 aliphatic rings. The van der Waals surface area contributed by atoms with Crippen molar-refractivity contribution in [2.75, 3.05) is 56.6 Å². The topological polar surface area (TPSA) is 485 Å². The number of amides is 1. The maximum absolute atomic E-state index is 14.0. The summed E-state index contributed by atoms with van der Waals surface area (Å²) in [6.45, 7) is 9.36. The average molecular weight is 2010 g/mol. The van der Waals surface area contributed by atoms with Gasteiger partial charge < -0.3 is 77.7 Å². The normalized spacial score (nSPS) is 15.0. The maximum atomic E-state index is 14.0. The molecule has 0 saturated heterocycles. The van der Waals surface area contributed by atoms with Gasteiger partial charge in [0.1, 0.15) is 58.3 Å². The van der Waals surface area contributed by atoms with Crippen LogP contribution in [-0.4, -0.2) is 95.8 Å². The third kappa shape index (κ3) is 20.5. The number of anilines is 9. The van der Waals surface area contributed by atoms with Gasteiger partial charge in [-0.25, -0.2) is 39.3 Å². The first-order valence-corrected chi connectivity index (χ1v) is 46.5. The van der Waals surface area contributed by atoms with Crippen LogP contribution in [0.25, 0.3) is 64.9 Å². The molecule has 16 aromatic rings. The molecule has 21 rings (SSSR count). The molecule has 34 nitrogen and oxygen atoms in total. The van der Waals surface area contributed by atoms with E-state index in [-0.39, 0.29) is 129 Å². The van der Waals surface area contributed by atoms with Crippen molar-refractivity contribution in [1.29, 1.82) is 5.26 Å². The van der Waals surface area contributed by atoms with Crippen LogP contribution in [0, 0.1) is 17.1 Å². The lowest BCUT2D eigenvalue weighted by Gasteiger charge is -2.23. The summed E-state index contributed by atoms with van der Waals surface area (Å²) in [5.41, 5.74) is 25.6. The summed E-state index contributed by atoms with van der Waals surface area (Å²) in [6, 6.07) is 39.1. The zero-order valence-electron chi connectivity index (χ0n) is 74.9. The van der Waals surface area contributed by atoms with Gasteiger partial charge in [-0.3, -0.25) is 33.9 Å². The number of H-pyrrole nitrogens is 1. The second-order valence-corrected chi connectivity index (χ2v) is 36.7. The fourth-order valence-electron chi connectivity index (χ4n) is 16.9. The Balaban J connectivity index is 0.000000120. The summed E-state index contributed by atoms with van der Waals surface area (Å²) < 4.78 is 62.8. The van der Waals surface area contributed by atoms with Crippen molar-refractivity contribution in [2.45, 2.75) is 165 Å². The lowest BCUT2D eigenvalue weighted by atomic mass is 10.1. The first-order valence-electron chi connectivity index (χ1n) is 44.3. The Labute approximate surface area is 817 Å². The van der Waals surface area contributed by atoms with Gasteiger partial charge in [0.2, 0.25) is 23.1 Å². The molecule has 0 unspecified atom stereocenters. The highest BCUT2D eigenvalue weighted by molar-refractivity contribution is 6.37.